The molecule has 0 aromatic carbocycles. The standard InChI is InChI=1S/C16H30N2O3/c1-8-11(2)12-13(19)17-16(5,6)14(20)18(12)10-9-15(3,4)21-7/h11-12H,8-10H2,1-7H3,(H,17,19). The molecule has 0 spiro atoms. The van der Waals surface area contributed by atoms with Gasteiger partial charge in [0.1, 0.15) is 11.6 Å². The minimum absolute atomic E-state index is 0.0145. The average molecular weight is 298 g/mol. The summed E-state index contributed by atoms with van der Waals surface area (Å²) in [6.45, 7) is 12.1. The molecule has 1 fully saturated rings. The zero-order chi connectivity index (χ0) is 16.4. The van der Waals surface area contributed by atoms with Crippen LogP contribution < -0.4 is 5.32 Å². The molecule has 2 atom stereocenters. The van der Waals surface area contributed by atoms with Crippen molar-refractivity contribution in [3.05, 3.63) is 0 Å². The largest absolute Gasteiger partial charge is 0.379 e. The highest BCUT2D eigenvalue weighted by atomic mass is 16.5. The zero-order valence-corrected chi connectivity index (χ0v) is 14.4. The summed E-state index contributed by atoms with van der Waals surface area (Å²) in [5.74, 6) is 0.0687. The Hall–Kier alpha value is -1.10. The minimum Gasteiger partial charge on any atom is -0.379 e. The van der Waals surface area contributed by atoms with Gasteiger partial charge < -0.3 is 15.0 Å². The van der Waals surface area contributed by atoms with Gasteiger partial charge in [-0.1, -0.05) is 20.3 Å². The van der Waals surface area contributed by atoms with Crippen LogP contribution in [0.2, 0.25) is 0 Å². The molecule has 2 amide bonds. The predicted molar refractivity (Wildman–Crippen MR) is 82.9 cm³/mol. The number of hydrogen-bond acceptors (Lipinski definition) is 3. The maximum Gasteiger partial charge on any atom is 0.248 e. The van der Waals surface area contributed by atoms with E-state index in [4.69, 9.17) is 4.74 Å². The van der Waals surface area contributed by atoms with Crippen LogP contribution in [0.25, 0.3) is 0 Å². The van der Waals surface area contributed by atoms with Crippen LogP contribution in [0.4, 0.5) is 0 Å². The van der Waals surface area contributed by atoms with Gasteiger partial charge in [-0.05, 0) is 40.0 Å². The molecule has 0 saturated carbocycles. The Bertz CT molecular complexity index is 404. The number of piperazine rings is 1. The lowest BCUT2D eigenvalue weighted by molar-refractivity contribution is -0.156. The van der Waals surface area contributed by atoms with Crippen LogP contribution >= 0.6 is 0 Å². The Morgan fingerprint density at radius 2 is 1.95 bits per heavy atom. The van der Waals surface area contributed by atoms with E-state index in [1.165, 1.54) is 0 Å². The molecule has 1 aliphatic rings. The number of nitrogens with zero attached hydrogens (tertiary/aromatic N) is 1. The van der Waals surface area contributed by atoms with Crippen molar-refractivity contribution in [3.63, 3.8) is 0 Å². The van der Waals surface area contributed by atoms with E-state index >= 15 is 0 Å². The van der Waals surface area contributed by atoms with Crippen molar-refractivity contribution < 1.29 is 14.3 Å². The number of amides is 2. The van der Waals surface area contributed by atoms with E-state index in [2.05, 4.69) is 5.32 Å². The van der Waals surface area contributed by atoms with Gasteiger partial charge in [0.2, 0.25) is 11.8 Å². The van der Waals surface area contributed by atoms with Gasteiger partial charge in [-0.3, -0.25) is 9.59 Å². The number of carbonyl (C=O) groups is 2. The molecule has 5 nitrogen and oxygen atoms in total. The van der Waals surface area contributed by atoms with Gasteiger partial charge >= 0.3 is 0 Å². The average Bonchev–Trinajstić information content (AvgIpc) is 2.40. The molecule has 5 heteroatoms. The zero-order valence-electron chi connectivity index (χ0n) is 14.4. The smallest absolute Gasteiger partial charge is 0.248 e. The van der Waals surface area contributed by atoms with E-state index < -0.39 is 5.54 Å². The quantitative estimate of drug-likeness (QED) is 0.815. The Morgan fingerprint density at radius 3 is 2.43 bits per heavy atom. The van der Waals surface area contributed by atoms with Crippen molar-refractivity contribution in [2.45, 2.75) is 71.6 Å². The normalized spacial score (nSPS) is 24.0. The number of rotatable bonds is 6. The van der Waals surface area contributed by atoms with Crippen molar-refractivity contribution in [1.29, 1.82) is 0 Å². The monoisotopic (exact) mass is 298 g/mol. The van der Waals surface area contributed by atoms with Crippen molar-refractivity contribution in [2.75, 3.05) is 13.7 Å². The molecule has 1 N–H and O–H groups in total. The molecule has 2 unspecified atom stereocenters. The number of ether oxygens (including phenoxy) is 1. The SMILES string of the molecule is CCC(C)C1C(=O)NC(C)(C)C(=O)N1CCC(C)(C)OC. The summed E-state index contributed by atoms with van der Waals surface area (Å²) in [6.07, 6.45) is 1.56. The second kappa shape index (κ2) is 6.34. The molecule has 1 saturated heterocycles. The van der Waals surface area contributed by atoms with E-state index in [-0.39, 0.29) is 29.4 Å². The lowest BCUT2D eigenvalue weighted by atomic mass is 9.88. The van der Waals surface area contributed by atoms with E-state index in [0.29, 0.717) is 13.0 Å². The van der Waals surface area contributed by atoms with Gasteiger partial charge in [0, 0.05) is 13.7 Å². The number of methoxy groups -OCH3 is 1. The van der Waals surface area contributed by atoms with Crippen molar-refractivity contribution in [3.8, 4) is 0 Å². The molecule has 0 bridgehead atoms. The van der Waals surface area contributed by atoms with Crippen LogP contribution in [-0.4, -0.2) is 47.6 Å². The first kappa shape index (κ1) is 18.0. The molecule has 122 valence electrons. The number of hydrogen-bond donors (Lipinski definition) is 1. The van der Waals surface area contributed by atoms with Gasteiger partial charge in [0.15, 0.2) is 0 Å². The summed E-state index contributed by atoms with van der Waals surface area (Å²) in [4.78, 5) is 26.9. The van der Waals surface area contributed by atoms with E-state index in [1.54, 1.807) is 25.9 Å². The molecule has 0 radical (unpaired) electrons. The van der Waals surface area contributed by atoms with Crippen LogP contribution in [0.1, 0.15) is 54.4 Å². The molecule has 1 heterocycles. The first-order valence-electron chi connectivity index (χ1n) is 7.74. The molecule has 0 aliphatic carbocycles. The van der Waals surface area contributed by atoms with Crippen molar-refractivity contribution in [2.24, 2.45) is 5.92 Å². The van der Waals surface area contributed by atoms with Gasteiger partial charge in [-0.15, -0.1) is 0 Å². The molecular formula is C16H30N2O3. The third-order valence-corrected chi connectivity index (χ3v) is 4.53. The molecule has 21 heavy (non-hydrogen) atoms. The van der Waals surface area contributed by atoms with Gasteiger partial charge in [0.25, 0.3) is 0 Å². The first-order chi connectivity index (χ1) is 9.55. The van der Waals surface area contributed by atoms with Crippen LogP contribution in [0.3, 0.4) is 0 Å². The second-order valence-electron chi connectivity index (χ2n) is 7.16. The molecular weight excluding hydrogens is 268 g/mol. The number of carbonyl (C=O) groups excluding carboxylic acids is 2. The number of nitrogens with one attached hydrogen (secondary N) is 1. The Kier molecular flexibility index (Phi) is 5.42. The summed E-state index contributed by atoms with van der Waals surface area (Å²) in [5.41, 5.74) is -1.14. The Labute approximate surface area is 128 Å². The van der Waals surface area contributed by atoms with E-state index in [0.717, 1.165) is 6.42 Å². The first-order valence-corrected chi connectivity index (χ1v) is 7.74. The van der Waals surface area contributed by atoms with E-state index in [9.17, 15) is 9.59 Å². The predicted octanol–water partition coefficient (Wildman–Crippen LogP) is 1.95. The highest BCUT2D eigenvalue weighted by Gasteiger charge is 2.46. The van der Waals surface area contributed by atoms with Gasteiger partial charge in [-0.2, -0.15) is 0 Å². The summed E-state index contributed by atoms with van der Waals surface area (Å²) in [6, 6.07) is -0.386. The van der Waals surface area contributed by atoms with Crippen LogP contribution in [0, 0.1) is 5.92 Å². The molecule has 0 aromatic heterocycles. The van der Waals surface area contributed by atoms with E-state index in [1.807, 2.05) is 27.7 Å². The summed E-state index contributed by atoms with van der Waals surface area (Å²) < 4.78 is 5.43. The highest BCUT2D eigenvalue weighted by molar-refractivity contribution is 5.99. The maximum absolute atomic E-state index is 12.7. The fourth-order valence-corrected chi connectivity index (χ4v) is 2.58. The minimum atomic E-state index is -0.835. The molecule has 1 aliphatic heterocycles. The fraction of sp³-hybridized carbons (Fsp3) is 0.875. The van der Waals surface area contributed by atoms with Crippen molar-refractivity contribution >= 4 is 11.8 Å². The summed E-state index contributed by atoms with van der Waals surface area (Å²) >= 11 is 0. The Balaban J connectivity index is 2.99. The van der Waals surface area contributed by atoms with Gasteiger partial charge in [-0.25, -0.2) is 0 Å². The van der Waals surface area contributed by atoms with Gasteiger partial charge in [0.05, 0.1) is 5.60 Å². The summed E-state index contributed by atoms with van der Waals surface area (Å²) in [7, 11) is 1.67. The van der Waals surface area contributed by atoms with Crippen LogP contribution in [0.5, 0.6) is 0 Å². The third kappa shape index (κ3) is 3.96. The lowest BCUT2D eigenvalue weighted by Gasteiger charge is -2.45. The Morgan fingerprint density at radius 1 is 1.38 bits per heavy atom. The van der Waals surface area contributed by atoms with Crippen LogP contribution in [0.15, 0.2) is 0 Å². The lowest BCUT2D eigenvalue weighted by Crippen LogP contribution is -2.69. The topological polar surface area (TPSA) is 58.6 Å². The summed E-state index contributed by atoms with van der Waals surface area (Å²) in [5, 5.41) is 2.85. The van der Waals surface area contributed by atoms with Crippen molar-refractivity contribution in [1.82, 2.24) is 10.2 Å². The highest BCUT2D eigenvalue weighted by Crippen LogP contribution is 2.26. The fourth-order valence-electron chi connectivity index (χ4n) is 2.58. The third-order valence-electron chi connectivity index (χ3n) is 4.53. The second-order valence-corrected chi connectivity index (χ2v) is 7.16. The maximum atomic E-state index is 12.7. The molecule has 0 aromatic rings. The molecule has 1 rings (SSSR count). The van der Waals surface area contributed by atoms with Crippen LogP contribution in [-0.2, 0) is 14.3 Å².